The first kappa shape index (κ1) is 36.1. The molecule has 0 radical (unpaired) electrons. The van der Waals surface area contributed by atoms with Crippen LogP contribution in [0.1, 0.15) is 94.2 Å². The third kappa shape index (κ3) is 10.7. The van der Waals surface area contributed by atoms with E-state index in [0.29, 0.717) is 11.3 Å². The van der Waals surface area contributed by atoms with Crippen molar-refractivity contribution in [3.05, 3.63) is 77.4 Å². The minimum Gasteiger partial charge on any atom is -1.00 e. The van der Waals surface area contributed by atoms with Gasteiger partial charge in [-0.1, -0.05) is 116 Å². The van der Waals surface area contributed by atoms with Gasteiger partial charge in [0, 0.05) is 0 Å². The SMILES string of the molecule is CC(C)(C)c1ccc2c(c1)[cH-]c1cc(C(C)(C)C)ccc12.CC1[C-]=CC(C(C)(C)C)=C1.C[C](C)=[Zr+2].[Cl-].[Cl-]. The molecule has 0 heterocycles. The molecular weight excluding hydrogens is 571 g/mol. The zero-order valence-electron chi connectivity index (χ0n) is 25.0. The molecular formula is C34H46Cl2Zr-2. The molecule has 0 saturated heterocycles. The third-order valence-corrected chi connectivity index (χ3v) is 6.23. The largest absolute Gasteiger partial charge is 1.00 e. The first-order valence-electron chi connectivity index (χ1n) is 12.9. The Labute approximate surface area is 254 Å². The maximum absolute atomic E-state index is 3.26. The molecule has 0 saturated carbocycles. The van der Waals surface area contributed by atoms with E-state index in [9.17, 15) is 0 Å². The second kappa shape index (κ2) is 14.0. The Morgan fingerprint density at radius 2 is 1.11 bits per heavy atom. The van der Waals surface area contributed by atoms with Gasteiger partial charge in [0.1, 0.15) is 0 Å². The summed E-state index contributed by atoms with van der Waals surface area (Å²) < 4.78 is 1.51. The summed E-state index contributed by atoms with van der Waals surface area (Å²) in [5, 5.41) is 5.48. The zero-order chi connectivity index (χ0) is 26.8. The summed E-state index contributed by atoms with van der Waals surface area (Å²) in [7, 11) is 0. The molecule has 1 atom stereocenters. The number of fused-ring (bicyclic) bond motifs is 3. The Morgan fingerprint density at radius 3 is 1.35 bits per heavy atom. The molecule has 0 aromatic heterocycles. The van der Waals surface area contributed by atoms with Crippen molar-refractivity contribution in [2.45, 2.75) is 93.9 Å². The Balaban J connectivity index is 0.000000684. The van der Waals surface area contributed by atoms with Gasteiger partial charge in [-0.3, -0.25) is 6.08 Å². The van der Waals surface area contributed by atoms with E-state index in [1.807, 2.05) is 0 Å². The van der Waals surface area contributed by atoms with Crippen LogP contribution in [-0.2, 0) is 35.1 Å². The van der Waals surface area contributed by atoms with Crippen LogP contribution in [-0.4, -0.2) is 3.21 Å². The average molecular weight is 617 g/mol. The van der Waals surface area contributed by atoms with Gasteiger partial charge in [-0.25, -0.2) is 6.08 Å². The summed E-state index contributed by atoms with van der Waals surface area (Å²) in [4.78, 5) is 0. The Kier molecular flexibility index (Phi) is 13.6. The number of halogens is 2. The van der Waals surface area contributed by atoms with Crippen molar-refractivity contribution in [3.63, 3.8) is 0 Å². The number of rotatable bonds is 0. The number of hydrogen-bond acceptors (Lipinski definition) is 0. The molecule has 37 heavy (non-hydrogen) atoms. The van der Waals surface area contributed by atoms with E-state index in [4.69, 9.17) is 0 Å². The number of allylic oxidation sites excluding steroid dienone is 4. The van der Waals surface area contributed by atoms with Gasteiger partial charge in [0.25, 0.3) is 0 Å². The van der Waals surface area contributed by atoms with Crippen molar-refractivity contribution in [3.8, 4) is 0 Å². The molecule has 1 aliphatic rings. The van der Waals surface area contributed by atoms with Gasteiger partial charge in [0.05, 0.1) is 0 Å². The molecule has 3 aromatic carbocycles. The summed E-state index contributed by atoms with van der Waals surface area (Å²) in [6.45, 7) is 26.7. The summed E-state index contributed by atoms with van der Waals surface area (Å²) >= 11 is 1.55. The fourth-order valence-electron chi connectivity index (χ4n) is 4.01. The molecule has 1 aliphatic carbocycles. The van der Waals surface area contributed by atoms with E-state index < -0.39 is 0 Å². The quantitative estimate of drug-likeness (QED) is 0.335. The molecule has 0 aliphatic heterocycles. The fraction of sp³-hybridized carbons (Fsp3) is 0.471. The molecule has 0 amide bonds. The second-order valence-corrected chi connectivity index (χ2v) is 15.7. The van der Waals surface area contributed by atoms with Crippen molar-refractivity contribution in [1.29, 1.82) is 0 Å². The van der Waals surface area contributed by atoms with Crippen LogP contribution in [0.3, 0.4) is 0 Å². The van der Waals surface area contributed by atoms with Crippen molar-refractivity contribution >= 4 is 24.8 Å². The summed E-state index contributed by atoms with van der Waals surface area (Å²) in [5.74, 6) is 0.522. The van der Waals surface area contributed by atoms with Crippen LogP contribution in [0.4, 0.5) is 0 Å². The molecule has 0 nitrogen and oxygen atoms in total. The van der Waals surface area contributed by atoms with E-state index >= 15 is 0 Å². The van der Waals surface area contributed by atoms with Gasteiger partial charge in [0.15, 0.2) is 0 Å². The van der Waals surface area contributed by atoms with Crippen molar-refractivity contribution < 1.29 is 49.0 Å². The smallest absolute Gasteiger partial charge is 1.00 e. The van der Waals surface area contributed by atoms with Gasteiger partial charge in [-0.2, -0.15) is 11.6 Å². The molecule has 0 N–H and O–H groups in total. The standard InChI is InChI=1S/C21H25.C10H15.C3H6.2ClH.Zr/c1-20(2,3)16-7-9-18-14(12-16)11-15-13-17(21(4,5)6)8-10-19(15)18;1-8-5-6-9(7-8)10(2,3)4;1-3-2;;;/h7-13H,1-6H3;6-8H,1-4H3;1-2H3;2*1H;/q2*-1;;;;+2/p-2. The molecule has 1 unspecified atom stereocenters. The number of benzene rings is 2. The third-order valence-electron chi connectivity index (χ3n) is 6.23. The molecule has 202 valence electrons. The first-order chi connectivity index (χ1) is 15.9. The van der Waals surface area contributed by atoms with Crippen LogP contribution in [0.5, 0.6) is 0 Å². The summed E-state index contributed by atoms with van der Waals surface area (Å²) in [6, 6.07) is 16.2. The molecule has 3 aromatic rings. The maximum Gasteiger partial charge on any atom is -1.00 e. The van der Waals surface area contributed by atoms with E-state index in [-0.39, 0.29) is 35.6 Å². The molecule has 0 spiro atoms. The van der Waals surface area contributed by atoms with Crippen molar-refractivity contribution in [2.75, 3.05) is 0 Å². The maximum atomic E-state index is 3.26. The topological polar surface area (TPSA) is 0 Å². The van der Waals surface area contributed by atoms with E-state index in [0.717, 1.165) is 0 Å². The van der Waals surface area contributed by atoms with E-state index in [1.54, 1.807) is 24.2 Å². The van der Waals surface area contributed by atoms with Crippen LogP contribution >= 0.6 is 0 Å². The minimum atomic E-state index is 0. The monoisotopic (exact) mass is 614 g/mol. The van der Waals surface area contributed by atoms with E-state index in [2.05, 4.69) is 144 Å². The fourth-order valence-corrected chi connectivity index (χ4v) is 4.01. The average Bonchev–Trinajstić information content (AvgIpc) is 3.29. The van der Waals surface area contributed by atoms with Gasteiger partial charge in [0.2, 0.25) is 0 Å². The molecule has 4 rings (SSSR count). The Hall–Kier alpha value is -0.877. The zero-order valence-corrected chi connectivity index (χ0v) is 29.0. The predicted molar refractivity (Wildman–Crippen MR) is 155 cm³/mol. The Bertz CT molecular complexity index is 1160. The van der Waals surface area contributed by atoms with Gasteiger partial charge in [-0.15, -0.1) is 39.7 Å². The van der Waals surface area contributed by atoms with Crippen LogP contribution in [0.2, 0.25) is 0 Å². The van der Waals surface area contributed by atoms with Crippen LogP contribution in [0.15, 0.2) is 60.2 Å². The summed E-state index contributed by atoms with van der Waals surface area (Å²) in [5.41, 5.74) is 4.93. The van der Waals surface area contributed by atoms with Crippen LogP contribution in [0.25, 0.3) is 21.5 Å². The second-order valence-electron chi connectivity index (χ2n) is 13.2. The van der Waals surface area contributed by atoms with Crippen LogP contribution < -0.4 is 24.8 Å². The molecule has 0 fully saturated rings. The van der Waals surface area contributed by atoms with Crippen molar-refractivity contribution in [2.24, 2.45) is 11.3 Å². The van der Waals surface area contributed by atoms with Gasteiger partial charge in [-0.05, 0) is 10.8 Å². The van der Waals surface area contributed by atoms with Gasteiger partial charge < -0.3 is 24.8 Å². The normalized spacial score (nSPS) is 15.1. The van der Waals surface area contributed by atoms with E-state index in [1.165, 1.54) is 41.5 Å². The summed E-state index contributed by atoms with van der Waals surface area (Å²) in [6.07, 6.45) is 7.65. The molecule has 3 heteroatoms. The molecule has 0 bridgehead atoms. The van der Waals surface area contributed by atoms with Crippen LogP contribution in [0, 0.1) is 17.4 Å². The number of hydrogen-bond donors (Lipinski definition) is 0. The van der Waals surface area contributed by atoms with Crippen molar-refractivity contribution in [1.82, 2.24) is 0 Å². The predicted octanol–water partition coefficient (Wildman–Crippen LogP) is 4.03. The Morgan fingerprint density at radius 1 is 0.730 bits per heavy atom. The van der Waals surface area contributed by atoms with Gasteiger partial charge >= 0.3 is 41.3 Å². The minimum absolute atomic E-state index is 0. The first-order valence-corrected chi connectivity index (χ1v) is 14.1.